The largest absolute Gasteiger partial charge is 0.480 e. The number of non-ortho nitro benzene ring substituents is 1. The summed E-state index contributed by atoms with van der Waals surface area (Å²) >= 11 is 0. The second kappa shape index (κ2) is 8.44. The van der Waals surface area contributed by atoms with E-state index in [1.54, 1.807) is 30.3 Å². The third-order valence-corrected chi connectivity index (χ3v) is 3.36. The molecular formula is C17H16N2O6. The first-order chi connectivity index (χ1) is 12.0. The van der Waals surface area contributed by atoms with Crippen molar-refractivity contribution in [2.75, 3.05) is 0 Å². The van der Waals surface area contributed by atoms with Gasteiger partial charge in [0.15, 0.2) is 0 Å². The number of nitrogens with zero attached hydrogens (tertiary/aromatic N) is 1. The van der Waals surface area contributed by atoms with E-state index < -0.39 is 23.0 Å². The minimum absolute atomic E-state index is 0.00974. The summed E-state index contributed by atoms with van der Waals surface area (Å²) in [5, 5.41) is 22.3. The summed E-state index contributed by atoms with van der Waals surface area (Å²) in [6, 6.07) is 13.3. The molecule has 8 nitrogen and oxygen atoms in total. The van der Waals surface area contributed by atoms with E-state index in [0.29, 0.717) is 5.56 Å². The normalized spacial score (nSPS) is 11.4. The highest BCUT2D eigenvalue weighted by atomic mass is 16.6. The predicted octanol–water partition coefficient (Wildman–Crippen LogP) is 2.52. The van der Waals surface area contributed by atoms with Crippen LogP contribution < -0.4 is 5.32 Å². The Morgan fingerprint density at radius 3 is 2.44 bits per heavy atom. The van der Waals surface area contributed by atoms with Crippen LogP contribution in [0.2, 0.25) is 0 Å². The first-order valence-corrected chi connectivity index (χ1v) is 7.39. The van der Waals surface area contributed by atoms with Crippen LogP contribution in [0.5, 0.6) is 0 Å². The lowest BCUT2D eigenvalue weighted by Gasteiger charge is -2.14. The topological polar surface area (TPSA) is 119 Å². The molecule has 130 valence electrons. The van der Waals surface area contributed by atoms with Crippen LogP contribution in [-0.2, 0) is 22.6 Å². The lowest BCUT2D eigenvalue weighted by molar-refractivity contribution is -0.384. The maximum Gasteiger partial charge on any atom is 0.408 e. The van der Waals surface area contributed by atoms with Gasteiger partial charge in [-0.1, -0.05) is 42.5 Å². The number of amides is 1. The van der Waals surface area contributed by atoms with Crippen molar-refractivity contribution >= 4 is 17.7 Å². The lowest BCUT2D eigenvalue weighted by Crippen LogP contribution is -2.42. The van der Waals surface area contributed by atoms with E-state index in [-0.39, 0.29) is 18.7 Å². The van der Waals surface area contributed by atoms with E-state index in [2.05, 4.69) is 5.32 Å². The number of nitro groups is 1. The average molecular weight is 344 g/mol. The summed E-state index contributed by atoms with van der Waals surface area (Å²) in [6.45, 7) is 0.00974. The molecule has 0 saturated carbocycles. The molecule has 0 aliphatic carbocycles. The van der Waals surface area contributed by atoms with Gasteiger partial charge in [-0.3, -0.25) is 10.1 Å². The zero-order valence-corrected chi connectivity index (χ0v) is 13.1. The van der Waals surface area contributed by atoms with E-state index in [0.717, 1.165) is 5.56 Å². The molecule has 0 unspecified atom stereocenters. The molecule has 0 radical (unpaired) electrons. The number of alkyl carbamates (subject to hydrolysis) is 1. The Kier molecular flexibility index (Phi) is 6.05. The van der Waals surface area contributed by atoms with Crippen molar-refractivity contribution in [3.8, 4) is 0 Å². The van der Waals surface area contributed by atoms with Gasteiger partial charge in [-0.25, -0.2) is 9.59 Å². The number of hydrogen-bond donors (Lipinski definition) is 2. The van der Waals surface area contributed by atoms with Crippen molar-refractivity contribution in [2.45, 2.75) is 19.1 Å². The van der Waals surface area contributed by atoms with E-state index in [1.807, 2.05) is 6.07 Å². The monoisotopic (exact) mass is 344 g/mol. The van der Waals surface area contributed by atoms with Crippen LogP contribution in [0.1, 0.15) is 11.1 Å². The molecule has 1 amide bonds. The van der Waals surface area contributed by atoms with Gasteiger partial charge in [0.25, 0.3) is 5.69 Å². The van der Waals surface area contributed by atoms with Gasteiger partial charge in [0.05, 0.1) is 4.92 Å². The molecule has 0 spiro atoms. The van der Waals surface area contributed by atoms with E-state index >= 15 is 0 Å². The van der Waals surface area contributed by atoms with Gasteiger partial charge in [-0.2, -0.15) is 0 Å². The van der Waals surface area contributed by atoms with Gasteiger partial charge >= 0.3 is 12.1 Å². The number of carbonyl (C=O) groups is 2. The van der Waals surface area contributed by atoms with Crippen LogP contribution in [-0.4, -0.2) is 28.1 Å². The molecule has 0 fully saturated rings. The number of carboxylic acids is 1. The second-order valence-corrected chi connectivity index (χ2v) is 5.23. The number of nitrogens with one attached hydrogen (secondary N) is 1. The maximum absolute atomic E-state index is 11.8. The maximum atomic E-state index is 11.8. The van der Waals surface area contributed by atoms with Gasteiger partial charge < -0.3 is 15.2 Å². The molecular weight excluding hydrogens is 328 g/mol. The number of hydrogen-bond acceptors (Lipinski definition) is 5. The van der Waals surface area contributed by atoms with Gasteiger partial charge in [0.1, 0.15) is 12.6 Å². The SMILES string of the molecule is O=C(N[C@@H](Cc1cccc([N+](=O)[O-])c1)C(=O)O)OCc1ccccc1. The molecule has 2 N–H and O–H groups in total. The summed E-state index contributed by atoms with van der Waals surface area (Å²) in [6.07, 6.45) is -0.973. The molecule has 2 aromatic rings. The van der Waals surface area contributed by atoms with Gasteiger partial charge in [0, 0.05) is 18.6 Å². The van der Waals surface area contributed by atoms with Crippen molar-refractivity contribution < 1.29 is 24.4 Å². The van der Waals surface area contributed by atoms with Crippen molar-refractivity contribution in [3.05, 3.63) is 75.8 Å². The molecule has 0 aliphatic heterocycles. The Bertz CT molecular complexity index is 763. The fourth-order valence-electron chi connectivity index (χ4n) is 2.14. The molecule has 0 heterocycles. The molecule has 25 heavy (non-hydrogen) atoms. The van der Waals surface area contributed by atoms with Crippen molar-refractivity contribution in [3.63, 3.8) is 0 Å². The fraction of sp³-hybridized carbons (Fsp3) is 0.176. The van der Waals surface area contributed by atoms with Crippen molar-refractivity contribution in [1.82, 2.24) is 5.32 Å². The van der Waals surface area contributed by atoms with Crippen LogP contribution in [0.25, 0.3) is 0 Å². The smallest absolute Gasteiger partial charge is 0.408 e. The van der Waals surface area contributed by atoms with Crippen LogP contribution >= 0.6 is 0 Å². The number of carboxylic acid groups (broad SMARTS) is 1. The molecule has 1 atom stereocenters. The molecule has 8 heteroatoms. The zero-order chi connectivity index (χ0) is 18.2. The number of carbonyl (C=O) groups excluding carboxylic acids is 1. The second-order valence-electron chi connectivity index (χ2n) is 5.23. The standard InChI is InChI=1S/C17H16N2O6/c20-16(21)15(10-13-7-4-8-14(9-13)19(23)24)18-17(22)25-11-12-5-2-1-3-6-12/h1-9,15H,10-11H2,(H,18,22)(H,20,21)/t15-/m0/s1. The number of nitro benzene ring substituents is 1. The van der Waals surface area contributed by atoms with Gasteiger partial charge in [0.2, 0.25) is 0 Å². The summed E-state index contributed by atoms with van der Waals surface area (Å²) in [5.74, 6) is -1.26. The molecule has 0 bridgehead atoms. The van der Waals surface area contributed by atoms with E-state index in [9.17, 15) is 24.8 Å². The Balaban J connectivity index is 1.96. The van der Waals surface area contributed by atoms with Crippen molar-refractivity contribution in [1.29, 1.82) is 0 Å². The summed E-state index contributed by atoms with van der Waals surface area (Å²) in [5.41, 5.74) is 1.04. The van der Waals surface area contributed by atoms with Gasteiger partial charge in [-0.15, -0.1) is 0 Å². The van der Waals surface area contributed by atoms with Gasteiger partial charge in [-0.05, 0) is 11.1 Å². The predicted molar refractivity (Wildman–Crippen MR) is 88.0 cm³/mol. The molecule has 0 saturated heterocycles. The summed E-state index contributed by atoms with van der Waals surface area (Å²) in [4.78, 5) is 33.3. The van der Waals surface area contributed by atoms with Crippen LogP contribution in [0.3, 0.4) is 0 Å². The Hall–Kier alpha value is -3.42. The first kappa shape index (κ1) is 17.9. The lowest BCUT2D eigenvalue weighted by atomic mass is 10.1. The average Bonchev–Trinajstić information content (AvgIpc) is 2.60. The molecule has 0 aliphatic rings. The quantitative estimate of drug-likeness (QED) is 0.588. The van der Waals surface area contributed by atoms with E-state index in [4.69, 9.17) is 4.74 Å². The highest BCUT2D eigenvalue weighted by Crippen LogP contribution is 2.14. The van der Waals surface area contributed by atoms with E-state index in [1.165, 1.54) is 18.2 Å². The summed E-state index contributed by atoms with van der Waals surface area (Å²) in [7, 11) is 0. The third kappa shape index (κ3) is 5.61. The zero-order valence-electron chi connectivity index (χ0n) is 13.1. The van der Waals surface area contributed by atoms with Crippen LogP contribution in [0, 0.1) is 10.1 Å². The third-order valence-electron chi connectivity index (χ3n) is 3.36. The van der Waals surface area contributed by atoms with Crippen molar-refractivity contribution in [2.24, 2.45) is 0 Å². The number of benzene rings is 2. The number of rotatable bonds is 7. The highest BCUT2D eigenvalue weighted by Gasteiger charge is 2.22. The summed E-state index contributed by atoms with van der Waals surface area (Å²) < 4.78 is 4.99. The minimum atomic E-state index is -1.26. The highest BCUT2D eigenvalue weighted by molar-refractivity contribution is 5.80. The molecule has 2 aromatic carbocycles. The Morgan fingerprint density at radius 1 is 1.12 bits per heavy atom. The number of ether oxygens (including phenoxy) is 1. The van der Waals surface area contributed by atoms with Crippen LogP contribution in [0.4, 0.5) is 10.5 Å². The number of aliphatic carboxylic acids is 1. The Labute approximate surface area is 143 Å². The molecule has 0 aromatic heterocycles. The molecule has 2 rings (SSSR count). The Morgan fingerprint density at radius 2 is 1.80 bits per heavy atom. The fourth-order valence-corrected chi connectivity index (χ4v) is 2.14. The first-order valence-electron chi connectivity index (χ1n) is 7.39. The van der Waals surface area contributed by atoms with Crippen LogP contribution in [0.15, 0.2) is 54.6 Å². The minimum Gasteiger partial charge on any atom is -0.480 e.